The molecule has 1 atom stereocenters. The third-order valence-electron chi connectivity index (χ3n) is 5.47. The fourth-order valence-electron chi connectivity index (χ4n) is 3.79. The van der Waals surface area contributed by atoms with E-state index < -0.39 is 0 Å². The number of carbonyl (C=O) groups excluding carboxylic acids is 2. The minimum absolute atomic E-state index is 0.00926. The van der Waals surface area contributed by atoms with Crippen LogP contribution in [0.1, 0.15) is 58.4 Å². The van der Waals surface area contributed by atoms with Crippen LogP contribution in [0.3, 0.4) is 0 Å². The van der Waals surface area contributed by atoms with E-state index in [-0.39, 0.29) is 28.7 Å². The molecular formula is C21H29ClN2O2. The number of amides is 2. The van der Waals surface area contributed by atoms with Gasteiger partial charge in [0.1, 0.15) is 6.04 Å². The Bertz CT molecular complexity index is 674. The second-order valence-electron chi connectivity index (χ2n) is 8.99. The van der Waals surface area contributed by atoms with Crippen molar-refractivity contribution in [2.24, 2.45) is 5.41 Å². The quantitative estimate of drug-likeness (QED) is 0.846. The van der Waals surface area contributed by atoms with Gasteiger partial charge in [-0.1, -0.05) is 44.5 Å². The Balaban J connectivity index is 1.59. The van der Waals surface area contributed by atoms with E-state index in [1.165, 1.54) is 5.56 Å². The molecular weight excluding hydrogens is 348 g/mol. The van der Waals surface area contributed by atoms with E-state index >= 15 is 0 Å². The van der Waals surface area contributed by atoms with Crippen molar-refractivity contribution in [2.75, 3.05) is 13.1 Å². The molecule has 1 heterocycles. The molecule has 3 rings (SSSR count). The molecule has 1 aromatic rings. The minimum atomic E-state index is -0.314. The topological polar surface area (TPSA) is 49.4 Å². The van der Waals surface area contributed by atoms with Crippen molar-refractivity contribution in [3.8, 4) is 0 Å². The van der Waals surface area contributed by atoms with E-state index in [9.17, 15) is 9.59 Å². The van der Waals surface area contributed by atoms with Gasteiger partial charge in [-0.15, -0.1) is 0 Å². The Morgan fingerprint density at radius 3 is 2.46 bits per heavy atom. The van der Waals surface area contributed by atoms with E-state index in [0.717, 1.165) is 30.7 Å². The highest BCUT2D eigenvalue weighted by atomic mass is 35.5. The number of likely N-dealkylation sites (tertiary alicyclic amines) is 1. The summed E-state index contributed by atoms with van der Waals surface area (Å²) in [6.07, 6.45) is 4.29. The summed E-state index contributed by atoms with van der Waals surface area (Å²) < 4.78 is 0. The van der Waals surface area contributed by atoms with Gasteiger partial charge in [0.05, 0.1) is 0 Å². The predicted molar refractivity (Wildman–Crippen MR) is 104 cm³/mol. The van der Waals surface area contributed by atoms with Crippen LogP contribution in [0.4, 0.5) is 0 Å². The van der Waals surface area contributed by atoms with Crippen LogP contribution in [0.5, 0.6) is 0 Å². The van der Waals surface area contributed by atoms with E-state index in [1.54, 1.807) is 4.90 Å². The van der Waals surface area contributed by atoms with Crippen LogP contribution in [-0.2, 0) is 15.0 Å². The van der Waals surface area contributed by atoms with Crippen LogP contribution in [0.25, 0.3) is 0 Å². The van der Waals surface area contributed by atoms with E-state index in [2.05, 4.69) is 38.2 Å². The maximum atomic E-state index is 12.8. The van der Waals surface area contributed by atoms with Crippen molar-refractivity contribution in [1.82, 2.24) is 10.2 Å². The molecule has 1 saturated heterocycles. The molecule has 0 radical (unpaired) electrons. The molecule has 0 spiro atoms. The lowest BCUT2D eigenvalue weighted by Gasteiger charge is -2.28. The molecule has 5 heteroatoms. The molecule has 1 saturated carbocycles. The molecule has 2 fully saturated rings. The summed E-state index contributed by atoms with van der Waals surface area (Å²) in [6, 6.07) is 7.60. The average molecular weight is 377 g/mol. The SMILES string of the molecule is CC(C)(C)CC(=O)N1CCCC1C(=O)NCC1(c2ccc(Cl)cc2)CC1. The predicted octanol–water partition coefficient (Wildman–Crippen LogP) is 3.92. The van der Waals surface area contributed by atoms with Crippen LogP contribution < -0.4 is 5.32 Å². The molecule has 142 valence electrons. The number of nitrogens with one attached hydrogen (secondary N) is 1. The van der Waals surface area contributed by atoms with Gasteiger partial charge < -0.3 is 10.2 Å². The first-order valence-electron chi connectivity index (χ1n) is 9.53. The third-order valence-corrected chi connectivity index (χ3v) is 5.72. The third kappa shape index (κ3) is 4.40. The van der Waals surface area contributed by atoms with Gasteiger partial charge in [-0.25, -0.2) is 0 Å². The summed E-state index contributed by atoms with van der Waals surface area (Å²) >= 11 is 5.98. The van der Waals surface area contributed by atoms with Gasteiger partial charge in [0.2, 0.25) is 11.8 Å². The largest absolute Gasteiger partial charge is 0.353 e. The highest BCUT2D eigenvalue weighted by molar-refractivity contribution is 6.30. The van der Waals surface area contributed by atoms with Crippen molar-refractivity contribution in [1.29, 1.82) is 0 Å². The van der Waals surface area contributed by atoms with Crippen molar-refractivity contribution < 1.29 is 9.59 Å². The molecule has 26 heavy (non-hydrogen) atoms. The lowest BCUT2D eigenvalue weighted by molar-refractivity contribution is -0.139. The summed E-state index contributed by atoms with van der Waals surface area (Å²) in [5.41, 5.74) is 1.21. The van der Waals surface area contributed by atoms with Gasteiger partial charge >= 0.3 is 0 Å². The zero-order valence-corrected chi connectivity index (χ0v) is 16.7. The molecule has 1 unspecified atom stereocenters. The molecule has 2 amide bonds. The molecule has 1 aromatic carbocycles. The molecule has 1 aliphatic heterocycles. The van der Waals surface area contributed by atoms with Crippen molar-refractivity contribution in [3.63, 3.8) is 0 Å². The first-order chi connectivity index (χ1) is 12.2. The summed E-state index contributed by atoms with van der Waals surface area (Å²) in [6.45, 7) is 7.48. The minimum Gasteiger partial charge on any atom is -0.353 e. The van der Waals surface area contributed by atoms with Gasteiger partial charge in [-0.2, -0.15) is 0 Å². The van der Waals surface area contributed by atoms with Gasteiger partial charge in [-0.05, 0) is 48.8 Å². The smallest absolute Gasteiger partial charge is 0.242 e. The fraction of sp³-hybridized carbons (Fsp3) is 0.619. The van der Waals surface area contributed by atoms with E-state index in [0.29, 0.717) is 19.5 Å². The Kier molecular flexibility index (Phi) is 5.34. The first kappa shape index (κ1) is 19.2. The molecule has 4 nitrogen and oxygen atoms in total. The van der Waals surface area contributed by atoms with Crippen LogP contribution in [0.15, 0.2) is 24.3 Å². The van der Waals surface area contributed by atoms with E-state index in [1.807, 2.05) is 12.1 Å². The maximum Gasteiger partial charge on any atom is 0.242 e. The summed E-state index contributed by atoms with van der Waals surface area (Å²) in [5, 5.41) is 3.85. The van der Waals surface area contributed by atoms with Crippen LogP contribution in [-0.4, -0.2) is 35.8 Å². The van der Waals surface area contributed by atoms with Crippen LogP contribution >= 0.6 is 11.6 Å². The lowest BCUT2D eigenvalue weighted by atomic mass is 9.91. The van der Waals surface area contributed by atoms with Crippen molar-refractivity contribution in [3.05, 3.63) is 34.9 Å². The number of benzene rings is 1. The Morgan fingerprint density at radius 2 is 1.88 bits per heavy atom. The monoisotopic (exact) mass is 376 g/mol. The average Bonchev–Trinajstić information content (AvgIpc) is 3.18. The van der Waals surface area contributed by atoms with Crippen LogP contribution in [0, 0.1) is 5.41 Å². The molecule has 1 aliphatic carbocycles. The van der Waals surface area contributed by atoms with Gasteiger partial charge in [0, 0.05) is 29.9 Å². The Hall–Kier alpha value is -1.55. The second kappa shape index (κ2) is 7.22. The molecule has 0 bridgehead atoms. The van der Waals surface area contributed by atoms with Crippen LogP contribution in [0.2, 0.25) is 5.02 Å². The number of rotatable bonds is 5. The van der Waals surface area contributed by atoms with Crippen molar-refractivity contribution in [2.45, 2.75) is 64.3 Å². The van der Waals surface area contributed by atoms with Gasteiger partial charge in [0.25, 0.3) is 0 Å². The number of hydrogen-bond donors (Lipinski definition) is 1. The lowest BCUT2D eigenvalue weighted by Crippen LogP contribution is -2.48. The van der Waals surface area contributed by atoms with Gasteiger partial charge in [0.15, 0.2) is 0 Å². The number of halogens is 1. The molecule has 2 aliphatic rings. The summed E-state index contributed by atoms with van der Waals surface area (Å²) in [4.78, 5) is 27.1. The van der Waals surface area contributed by atoms with Crippen molar-refractivity contribution >= 4 is 23.4 Å². The standard InChI is InChI=1S/C21H29ClN2O2/c1-20(2,3)13-18(25)24-12-4-5-17(24)19(26)23-14-21(10-11-21)15-6-8-16(22)9-7-15/h6-9,17H,4-5,10-14H2,1-3H3,(H,23,26). The number of carbonyl (C=O) groups is 2. The normalized spacial score (nSPS) is 21.5. The zero-order valence-electron chi connectivity index (χ0n) is 16.0. The molecule has 1 N–H and O–H groups in total. The number of hydrogen-bond acceptors (Lipinski definition) is 2. The zero-order chi connectivity index (χ0) is 18.9. The number of nitrogens with zero attached hydrogens (tertiary/aromatic N) is 1. The molecule has 0 aromatic heterocycles. The Morgan fingerprint density at radius 1 is 1.23 bits per heavy atom. The fourth-order valence-corrected chi connectivity index (χ4v) is 3.91. The highest BCUT2D eigenvalue weighted by Gasteiger charge is 2.45. The second-order valence-corrected chi connectivity index (χ2v) is 9.42. The summed E-state index contributed by atoms with van der Waals surface area (Å²) in [7, 11) is 0. The maximum absolute atomic E-state index is 12.8. The summed E-state index contributed by atoms with van der Waals surface area (Å²) in [5.74, 6) is 0.0824. The van der Waals surface area contributed by atoms with E-state index in [4.69, 9.17) is 11.6 Å². The first-order valence-corrected chi connectivity index (χ1v) is 9.91. The Labute approximate surface area is 161 Å². The van der Waals surface area contributed by atoms with Gasteiger partial charge in [-0.3, -0.25) is 9.59 Å². The highest BCUT2D eigenvalue weighted by Crippen LogP contribution is 2.47.